The van der Waals surface area contributed by atoms with E-state index in [1.807, 2.05) is 18.2 Å². The van der Waals surface area contributed by atoms with Crippen LogP contribution in [0.1, 0.15) is 24.8 Å². The molecule has 1 aliphatic heterocycles. The Bertz CT molecular complexity index is 629. The Balaban J connectivity index is 1.88. The molecule has 0 unspecified atom stereocenters. The molecule has 2 amide bonds. The van der Waals surface area contributed by atoms with Gasteiger partial charge in [-0.15, -0.1) is 0 Å². The first-order valence-electron chi connectivity index (χ1n) is 7.87. The van der Waals surface area contributed by atoms with Gasteiger partial charge in [-0.3, -0.25) is 14.4 Å². The number of benzene rings is 1. The van der Waals surface area contributed by atoms with Gasteiger partial charge >= 0.3 is 5.97 Å². The summed E-state index contributed by atoms with van der Waals surface area (Å²) in [5.41, 5.74) is 1.74. The van der Waals surface area contributed by atoms with E-state index in [-0.39, 0.29) is 24.7 Å². The fraction of sp³-hybridized carbons (Fsp3) is 0.471. The summed E-state index contributed by atoms with van der Waals surface area (Å²) in [7, 11) is 3.03. The molecule has 1 aliphatic rings. The highest BCUT2D eigenvalue weighted by molar-refractivity contribution is 5.95. The quantitative estimate of drug-likeness (QED) is 0.786. The molecule has 0 atom stereocenters. The highest BCUT2D eigenvalue weighted by Crippen LogP contribution is 2.31. The maximum Gasteiger partial charge on any atom is 0.306 e. The first kappa shape index (κ1) is 17.8. The molecule has 0 radical (unpaired) electrons. The van der Waals surface area contributed by atoms with Gasteiger partial charge in [-0.05, 0) is 24.1 Å². The second kappa shape index (κ2) is 8.33. The Kier molecular flexibility index (Phi) is 6.17. The first-order chi connectivity index (χ1) is 11.5. The van der Waals surface area contributed by atoms with Crippen molar-refractivity contribution in [2.24, 2.45) is 0 Å². The lowest BCUT2D eigenvalue weighted by molar-refractivity contribution is -0.142. The van der Waals surface area contributed by atoms with Crippen molar-refractivity contribution < 1.29 is 23.9 Å². The molecule has 2 rings (SSSR count). The molecule has 0 spiro atoms. The van der Waals surface area contributed by atoms with Crippen LogP contribution >= 0.6 is 0 Å². The van der Waals surface area contributed by atoms with Gasteiger partial charge in [0.1, 0.15) is 5.75 Å². The number of esters is 1. The van der Waals surface area contributed by atoms with Crippen LogP contribution in [0.3, 0.4) is 0 Å². The molecule has 1 heterocycles. The van der Waals surface area contributed by atoms with E-state index in [4.69, 9.17) is 4.74 Å². The molecule has 0 saturated carbocycles. The van der Waals surface area contributed by atoms with Gasteiger partial charge in [0.05, 0.1) is 32.2 Å². The Morgan fingerprint density at radius 2 is 2.12 bits per heavy atom. The number of carbonyl (C=O) groups excluding carboxylic acids is 3. The second-order valence-corrected chi connectivity index (χ2v) is 5.53. The highest BCUT2D eigenvalue weighted by atomic mass is 16.5. The predicted octanol–water partition coefficient (Wildman–Crippen LogP) is 1.04. The van der Waals surface area contributed by atoms with Gasteiger partial charge in [0, 0.05) is 20.0 Å². The zero-order valence-electron chi connectivity index (χ0n) is 14.0. The minimum Gasteiger partial charge on any atom is -0.491 e. The highest BCUT2D eigenvalue weighted by Gasteiger charge is 2.20. The summed E-state index contributed by atoms with van der Waals surface area (Å²) in [5, 5.41) is 2.76. The van der Waals surface area contributed by atoms with Gasteiger partial charge in [-0.1, -0.05) is 6.07 Å². The maximum atomic E-state index is 11.9. The molecule has 0 fully saturated rings. The number of anilines is 1. The Morgan fingerprint density at radius 3 is 2.88 bits per heavy atom. The smallest absolute Gasteiger partial charge is 0.306 e. The molecule has 7 nitrogen and oxygen atoms in total. The van der Waals surface area contributed by atoms with Crippen LogP contribution < -0.4 is 15.0 Å². The average molecular weight is 334 g/mol. The molecule has 24 heavy (non-hydrogen) atoms. The number of hydrogen-bond donors (Lipinski definition) is 1. The summed E-state index contributed by atoms with van der Waals surface area (Å²) in [6, 6.07) is 5.67. The topological polar surface area (TPSA) is 84.9 Å². The van der Waals surface area contributed by atoms with Gasteiger partial charge in [0.25, 0.3) is 0 Å². The SMILES string of the molecule is COC(=O)CCC(=O)NCCc1ccc2c(c1)N(C)C(=O)CCO2. The Labute approximate surface area is 140 Å². The largest absolute Gasteiger partial charge is 0.491 e. The number of methoxy groups -OCH3 is 1. The number of carbonyl (C=O) groups is 3. The summed E-state index contributed by atoms with van der Waals surface area (Å²) in [6.45, 7) is 0.836. The minimum atomic E-state index is -0.399. The maximum absolute atomic E-state index is 11.9. The standard InChI is InChI=1S/C17H22N2O5/c1-19-13-11-12(3-4-14(13)24-10-8-16(19)21)7-9-18-15(20)5-6-17(22)23-2/h3-4,11H,5-10H2,1-2H3,(H,18,20). The molecule has 0 bridgehead atoms. The van der Waals surface area contributed by atoms with E-state index >= 15 is 0 Å². The molecule has 130 valence electrons. The van der Waals surface area contributed by atoms with Gasteiger partial charge in [-0.2, -0.15) is 0 Å². The van der Waals surface area contributed by atoms with E-state index in [9.17, 15) is 14.4 Å². The van der Waals surface area contributed by atoms with E-state index < -0.39 is 5.97 Å². The molecular formula is C17H22N2O5. The van der Waals surface area contributed by atoms with Crippen LogP contribution in [0, 0.1) is 0 Å². The van der Waals surface area contributed by atoms with Gasteiger partial charge in [-0.25, -0.2) is 0 Å². The van der Waals surface area contributed by atoms with Crippen LogP contribution in [-0.2, 0) is 25.5 Å². The molecule has 7 heteroatoms. The van der Waals surface area contributed by atoms with Crippen molar-refractivity contribution in [3.63, 3.8) is 0 Å². The fourth-order valence-electron chi connectivity index (χ4n) is 2.41. The molecule has 0 saturated heterocycles. The third-order valence-electron chi connectivity index (χ3n) is 3.85. The lowest BCUT2D eigenvalue weighted by Gasteiger charge is -2.17. The monoisotopic (exact) mass is 334 g/mol. The number of nitrogens with zero attached hydrogens (tertiary/aromatic N) is 1. The van der Waals surface area contributed by atoms with Crippen molar-refractivity contribution in [1.82, 2.24) is 5.32 Å². The number of hydrogen-bond acceptors (Lipinski definition) is 5. The van der Waals surface area contributed by atoms with Crippen molar-refractivity contribution in [2.75, 3.05) is 32.2 Å². The summed E-state index contributed by atoms with van der Waals surface area (Å²) in [4.78, 5) is 36.1. The van der Waals surface area contributed by atoms with Crippen molar-refractivity contribution in [2.45, 2.75) is 25.7 Å². The zero-order chi connectivity index (χ0) is 17.5. The number of nitrogens with one attached hydrogen (secondary N) is 1. The van der Waals surface area contributed by atoms with Crippen molar-refractivity contribution >= 4 is 23.5 Å². The van der Waals surface area contributed by atoms with Crippen LogP contribution in [0.4, 0.5) is 5.69 Å². The van der Waals surface area contributed by atoms with Gasteiger partial charge in [0.15, 0.2) is 0 Å². The number of amides is 2. The summed E-state index contributed by atoms with van der Waals surface area (Å²) in [6.07, 6.45) is 1.17. The Hall–Kier alpha value is -2.57. The molecule has 1 N–H and O–H groups in total. The van der Waals surface area contributed by atoms with Crippen molar-refractivity contribution in [1.29, 1.82) is 0 Å². The van der Waals surface area contributed by atoms with Gasteiger partial charge in [0.2, 0.25) is 11.8 Å². The van der Waals surface area contributed by atoms with Crippen LogP contribution in [0.15, 0.2) is 18.2 Å². The molecule has 1 aromatic rings. The third kappa shape index (κ3) is 4.71. The van der Waals surface area contributed by atoms with E-state index in [0.29, 0.717) is 31.7 Å². The van der Waals surface area contributed by atoms with Crippen LogP contribution in [-0.4, -0.2) is 45.1 Å². The summed E-state index contributed by atoms with van der Waals surface area (Å²) < 4.78 is 10.1. The van der Waals surface area contributed by atoms with E-state index in [1.165, 1.54) is 7.11 Å². The zero-order valence-corrected chi connectivity index (χ0v) is 14.0. The van der Waals surface area contributed by atoms with Crippen molar-refractivity contribution in [3.8, 4) is 5.75 Å². The van der Waals surface area contributed by atoms with Crippen molar-refractivity contribution in [3.05, 3.63) is 23.8 Å². The molecule has 0 aromatic heterocycles. The number of fused-ring (bicyclic) bond motifs is 1. The molecule has 1 aromatic carbocycles. The summed E-state index contributed by atoms with van der Waals surface area (Å²) >= 11 is 0. The van der Waals surface area contributed by atoms with Gasteiger partial charge < -0.3 is 19.7 Å². The van der Waals surface area contributed by atoms with E-state index in [0.717, 1.165) is 11.3 Å². The predicted molar refractivity (Wildman–Crippen MR) is 87.9 cm³/mol. The lowest BCUT2D eigenvalue weighted by atomic mass is 10.1. The van der Waals surface area contributed by atoms with Crippen LogP contribution in [0.2, 0.25) is 0 Å². The Morgan fingerprint density at radius 1 is 1.33 bits per heavy atom. The molecular weight excluding hydrogens is 312 g/mol. The molecule has 0 aliphatic carbocycles. The summed E-state index contributed by atoms with van der Waals surface area (Å²) in [5.74, 6) is 0.116. The second-order valence-electron chi connectivity index (χ2n) is 5.53. The third-order valence-corrected chi connectivity index (χ3v) is 3.85. The van der Waals surface area contributed by atoms with Crippen LogP contribution in [0.5, 0.6) is 5.75 Å². The van der Waals surface area contributed by atoms with E-state index in [1.54, 1.807) is 11.9 Å². The van der Waals surface area contributed by atoms with Crippen LogP contribution in [0.25, 0.3) is 0 Å². The fourth-order valence-corrected chi connectivity index (χ4v) is 2.41. The first-order valence-corrected chi connectivity index (χ1v) is 7.87. The van der Waals surface area contributed by atoms with E-state index in [2.05, 4.69) is 10.1 Å². The number of ether oxygens (including phenoxy) is 2. The minimum absolute atomic E-state index is 0.0158. The average Bonchev–Trinajstić information content (AvgIpc) is 2.72. The normalized spacial score (nSPS) is 13.6. The number of rotatable bonds is 6. The lowest BCUT2D eigenvalue weighted by Crippen LogP contribution is -2.26.